The van der Waals surface area contributed by atoms with Crippen LogP contribution >= 0.6 is 11.6 Å². The Bertz CT molecular complexity index is 919. The molecule has 26 heavy (non-hydrogen) atoms. The van der Waals surface area contributed by atoms with Crippen molar-refractivity contribution in [3.8, 4) is 0 Å². The number of hydrogen-bond donors (Lipinski definition) is 2. The summed E-state index contributed by atoms with van der Waals surface area (Å²) in [5, 5.41) is 6.39. The number of nitrogens with one attached hydrogen (secondary N) is 2. The standard InChI is InChI=1S/C19H16ClFN4O/c20-14-5-3-6-15(10-14)25-18-11-17(23-12-24-18)19(26)22-9-8-13-4-1-2-7-16(13)21/h1-7,10-12H,8-9H2,(H,22,26)(H,23,24,25). The molecule has 1 heterocycles. The van der Waals surface area contributed by atoms with Crippen molar-refractivity contribution in [3.05, 3.63) is 83.0 Å². The van der Waals surface area contributed by atoms with E-state index in [0.717, 1.165) is 5.69 Å². The van der Waals surface area contributed by atoms with Gasteiger partial charge in [-0.1, -0.05) is 35.9 Å². The summed E-state index contributed by atoms with van der Waals surface area (Å²) in [6.07, 6.45) is 1.70. The summed E-state index contributed by atoms with van der Waals surface area (Å²) in [5.74, 6) is -0.156. The second-order valence-electron chi connectivity index (χ2n) is 5.52. The molecule has 0 bridgehead atoms. The van der Waals surface area contributed by atoms with Gasteiger partial charge >= 0.3 is 0 Å². The monoisotopic (exact) mass is 370 g/mol. The zero-order valence-corrected chi connectivity index (χ0v) is 14.5. The fourth-order valence-corrected chi connectivity index (χ4v) is 2.56. The summed E-state index contributed by atoms with van der Waals surface area (Å²) in [6.45, 7) is 0.306. The molecule has 132 valence electrons. The van der Waals surface area contributed by atoms with Crippen LogP contribution in [-0.2, 0) is 6.42 Å². The molecular weight excluding hydrogens is 355 g/mol. The highest BCUT2D eigenvalue weighted by Gasteiger charge is 2.09. The number of halogens is 2. The maximum Gasteiger partial charge on any atom is 0.270 e. The van der Waals surface area contributed by atoms with E-state index in [1.54, 1.807) is 36.4 Å². The first-order chi connectivity index (χ1) is 12.6. The fourth-order valence-electron chi connectivity index (χ4n) is 2.37. The van der Waals surface area contributed by atoms with Crippen molar-refractivity contribution in [2.75, 3.05) is 11.9 Å². The van der Waals surface area contributed by atoms with Gasteiger partial charge in [0, 0.05) is 23.3 Å². The van der Waals surface area contributed by atoms with Crippen molar-refractivity contribution < 1.29 is 9.18 Å². The van der Waals surface area contributed by atoms with Gasteiger partial charge in [-0.3, -0.25) is 4.79 Å². The summed E-state index contributed by atoms with van der Waals surface area (Å²) in [6, 6.07) is 15.2. The van der Waals surface area contributed by atoms with Crippen molar-refractivity contribution in [3.63, 3.8) is 0 Å². The normalized spacial score (nSPS) is 10.4. The number of hydrogen-bond acceptors (Lipinski definition) is 4. The van der Waals surface area contributed by atoms with Gasteiger partial charge in [-0.05, 0) is 36.2 Å². The molecule has 0 aliphatic rings. The average molecular weight is 371 g/mol. The van der Waals surface area contributed by atoms with E-state index in [4.69, 9.17) is 11.6 Å². The summed E-state index contributed by atoms with van der Waals surface area (Å²) in [7, 11) is 0. The van der Waals surface area contributed by atoms with E-state index >= 15 is 0 Å². The van der Waals surface area contributed by atoms with Gasteiger partial charge in [-0.2, -0.15) is 0 Å². The lowest BCUT2D eigenvalue weighted by Gasteiger charge is -2.08. The maximum atomic E-state index is 13.6. The maximum absolute atomic E-state index is 13.6. The van der Waals surface area contributed by atoms with Crippen molar-refractivity contribution >= 4 is 29.0 Å². The van der Waals surface area contributed by atoms with Gasteiger partial charge in [0.2, 0.25) is 0 Å². The molecule has 0 fully saturated rings. The van der Waals surface area contributed by atoms with Crippen LogP contribution in [-0.4, -0.2) is 22.4 Å². The Morgan fingerprint density at radius 3 is 2.73 bits per heavy atom. The van der Waals surface area contributed by atoms with Crippen molar-refractivity contribution in [1.82, 2.24) is 15.3 Å². The van der Waals surface area contributed by atoms with Gasteiger partial charge in [0.05, 0.1) is 0 Å². The number of nitrogens with zero attached hydrogens (tertiary/aromatic N) is 2. The Kier molecular flexibility index (Phi) is 5.76. The van der Waals surface area contributed by atoms with Crippen molar-refractivity contribution in [1.29, 1.82) is 0 Å². The molecule has 3 aromatic rings. The topological polar surface area (TPSA) is 66.9 Å². The minimum Gasteiger partial charge on any atom is -0.350 e. The first-order valence-corrected chi connectivity index (χ1v) is 8.36. The first-order valence-electron chi connectivity index (χ1n) is 7.98. The Balaban J connectivity index is 1.60. The Labute approximate surface area is 155 Å². The van der Waals surface area contributed by atoms with E-state index in [1.807, 2.05) is 12.1 Å². The number of carbonyl (C=O) groups is 1. The third-order valence-corrected chi connectivity index (χ3v) is 3.87. The van der Waals surface area contributed by atoms with Crippen LogP contribution in [0.3, 0.4) is 0 Å². The zero-order valence-electron chi connectivity index (χ0n) is 13.7. The smallest absolute Gasteiger partial charge is 0.270 e. The van der Waals surface area contributed by atoms with Crippen LogP contribution in [0.4, 0.5) is 15.9 Å². The lowest BCUT2D eigenvalue weighted by atomic mass is 10.1. The minimum atomic E-state index is -0.349. The average Bonchev–Trinajstić information content (AvgIpc) is 2.63. The number of benzene rings is 2. The molecule has 0 spiro atoms. The van der Waals surface area contributed by atoms with Gasteiger partial charge < -0.3 is 10.6 Å². The third kappa shape index (κ3) is 4.77. The number of rotatable bonds is 6. The SMILES string of the molecule is O=C(NCCc1ccccc1F)c1cc(Nc2cccc(Cl)c2)ncn1. The summed E-state index contributed by atoms with van der Waals surface area (Å²) < 4.78 is 13.6. The van der Waals surface area contributed by atoms with Crippen LogP contribution in [0.15, 0.2) is 60.9 Å². The number of anilines is 2. The highest BCUT2D eigenvalue weighted by Crippen LogP contribution is 2.18. The van der Waals surface area contributed by atoms with Crippen molar-refractivity contribution in [2.24, 2.45) is 0 Å². The van der Waals surface area contributed by atoms with E-state index < -0.39 is 0 Å². The van der Waals surface area contributed by atoms with E-state index in [0.29, 0.717) is 29.4 Å². The highest BCUT2D eigenvalue weighted by atomic mass is 35.5. The molecule has 0 saturated carbocycles. The molecule has 2 aromatic carbocycles. The molecule has 0 aliphatic carbocycles. The third-order valence-electron chi connectivity index (χ3n) is 3.63. The Morgan fingerprint density at radius 1 is 1.08 bits per heavy atom. The molecule has 1 amide bonds. The Hall–Kier alpha value is -2.99. The Morgan fingerprint density at radius 2 is 1.92 bits per heavy atom. The van der Waals surface area contributed by atoms with E-state index in [-0.39, 0.29) is 17.4 Å². The van der Waals surface area contributed by atoms with Gasteiger partial charge in [-0.15, -0.1) is 0 Å². The minimum absolute atomic E-state index is 0.220. The molecule has 0 radical (unpaired) electrons. The number of aromatic nitrogens is 2. The predicted octanol–water partition coefficient (Wildman–Crippen LogP) is 3.99. The highest BCUT2D eigenvalue weighted by molar-refractivity contribution is 6.30. The number of carbonyl (C=O) groups excluding carboxylic acids is 1. The summed E-state index contributed by atoms with van der Waals surface area (Å²) in [4.78, 5) is 20.3. The van der Waals surface area contributed by atoms with Gasteiger partial charge in [0.15, 0.2) is 0 Å². The summed E-state index contributed by atoms with van der Waals surface area (Å²) in [5.41, 5.74) is 1.53. The van der Waals surface area contributed by atoms with E-state index in [9.17, 15) is 9.18 Å². The molecule has 1 aromatic heterocycles. The molecule has 0 atom stereocenters. The van der Waals surface area contributed by atoms with Crippen LogP contribution in [0.1, 0.15) is 16.1 Å². The van der Waals surface area contributed by atoms with Gasteiger partial charge in [0.25, 0.3) is 5.91 Å². The fraction of sp³-hybridized carbons (Fsp3) is 0.105. The zero-order chi connectivity index (χ0) is 18.4. The predicted molar refractivity (Wildman–Crippen MR) is 99.2 cm³/mol. The molecule has 0 aliphatic heterocycles. The lowest BCUT2D eigenvalue weighted by Crippen LogP contribution is -2.26. The van der Waals surface area contributed by atoms with Crippen molar-refractivity contribution in [2.45, 2.75) is 6.42 Å². The van der Waals surface area contributed by atoms with Crippen LogP contribution < -0.4 is 10.6 Å². The number of amides is 1. The molecular formula is C19H16ClFN4O. The molecule has 0 unspecified atom stereocenters. The molecule has 5 nitrogen and oxygen atoms in total. The summed E-state index contributed by atoms with van der Waals surface area (Å²) >= 11 is 5.95. The van der Waals surface area contributed by atoms with E-state index in [1.165, 1.54) is 12.4 Å². The van der Waals surface area contributed by atoms with Crippen LogP contribution in [0.2, 0.25) is 5.02 Å². The molecule has 7 heteroatoms. The van der Waals surface area contributed by atoms with Crippen LogP contribution in [0.25, 0.3) is 0 Å². The van der Waals surface area contributed by atoms with Gasteiger partial charge in [-0.25, -0.2) is 14.4 Å². The van der Waals surface area contributed by atoms with Gasteiger partial charge in [0.1, 0.15) is 23.7 Å². The van der Waals surface area contributed by atoms with E-state index in [2.05, 4.69) is 20.6 Å². The van der Waals surface area contributed by atoms with Crippen LogP contribution in [0, 0.1) is 5.82 Å². The molecule has 3 rings (SSSR count). The quantitative estimate of drug-likeness (QED) is 0.688. The second-order valence-corrected chi connectivity index (χ2v) is 5.96. The largest absolute Gasteiger partial charge is 0.350 e. The molecule has 0 saturated heterocycles. The lowest BCUT2D eigenvalue weighted by molar-refractivity contribution is 0.0949. The first kappa shape index (κ1) is 17.8. The molecule has 2 N–H and O–H groups in total. The van der Waals surface area contributed by atoms with Crippen LogP contribution in [0.5, 0.6) is 0 Å². The second kappa shape index (κ2) is 8.40.